The Kier molecular flexibility index (Phi) is 6.68. The summed E-state index contributed by atoms with van der Waals surface area (Å²) in [4.78, 5) is 54.9. The molecular formula is C25H33N3O5S. The van der Waals surface area contributed by atoms with Crippen molar-refractivity contribution in [3.63, 3.8) is 0 Å². The zero-order chi connectivity index (χ0) is 24.7. The molecule has 184 valence electrons. The van der Waals surface area contributed by atoms with Gasteiger partial charge in [-0.2, -0.15) is 0 Å². The second-order valence-corrected chi connectivity index (χ2v) is 11.4. The number of nitrogens with one attached hydrogen (secondary N) is 1. The van der Waals surface area contributed by atoms with Crippen molar-refractivity contribution >= 4 is 41.1 Å². The number of carbonyl (C=O) groups is 4. The van der Waals surface area contributed by atoms with Gasteiger partial charge in [-0.3, -0.25) is 19.2 Å². The topological polar surface area (TPSA) is 96.0 Å². The third-order valence-electron chi connectivity index (χ3n) is 6.65. The van der Waals surface area contributed by atoms with Gasteiger partial charge in [0.25, 0.3) is 5.91 Å². The molecule has 8 nitrogen and oxygen atoms in total. The van der Waals surface area contributed by atoms with Gasteiger partial charge in [0.1, 0.15) is 18.2 Å². The number of rotatable bonds is 4. The second-order valence-electron chi connectivity index (χ2n) is 10.2. The van der Waals surface area contributed by atoms with Gasteiger partial charge in [-0.05, 0) is 39.7 Å². The van der Waals surface area contributed by atoms with Gasteiger partial charge in [-0.25, -0.2) is 0 Å². The zero-order valence-electron chi connectivity index (χ0n) is 20.3. The van der Waals surface area contributed by atoms with E-state index in [4.69, 9.17) is 4.74 Å². The average molecular weight is 488 g/mol. The van der Waals surface area contributed by atoms with E-state index in [1.807, 2.05) is 24.3 Å². The van der Waals surface area contributed by atoms with E-state index in [0.29, 0.717) is 0 Å². The minimum atomic E-state index is -1.27. The SMILES string of the molecule is CN1C(=O)C2(SCC(C(=O)NCC(=O)OC(C)(C)C)N2C(=O)C2CCCCC2)c2ccccc21. The summed E-state index contributed by atoms with van der Waals surface area (Å²) in [7, 11) is 1.70. The van der Waals surface area contributed by atoms with E-state index in [2.05, 4.69) is 5.32 Å². The van der Waals surface area contributed by atoms with Gasteiger partial charge >= 0.3 is 5.97 Å². The Morgan fingerprint density at radius 1 is 1.15 bits per heavy atom. The van der Waals surface area contributed by atoms with Crippen molar-refractivity contribution in [2.75, 3.05) is 24.2 Å². The fraction of sp³-hybridized carbons (Fsp3) is 0.600. The zero-order valence-corrected chi connectivity index (χ0v) is 21.1. The van der Waals surface area contributed by atoms with Crippen molar-refractivity contribution in [1.29, 1.82) is 0 Å². The Hall–Kier alpha value is -2.55. The van der Waals surface area contributed by atoms with Crippen molar-refractivity contribution in [2.45, 2.75) is 69.4 Å². The monoisotopic (exact) mass is 487 g/mol. The summed E-state index contributed by atoms with van der Waals surface area (Å²) in [6, 6.07) is 6.59. The molecule has 1 saturated carbocycles. The van der Waals surface area contributed by atoms with Gasteiger partial charge in [0.05, 0.1) is 5.69 Å². The van der Waals surface area contributed by atoms with E-state index in [1.165, 1.54) is 16.7 Å². The van der Waals surface area contributed by atoms with Gasteiger partial charge in [-0.1, -0.05) is 37.5 Å². The largest absolute Gasteiger partial charge is 0.459 e. The van der Waals surface area contributed by atoms with E-state index < -0.39 is 28.4 Å². The number of thioether (sulfide) groups is 1. The van der Waals surface area contributed by atoms with Crippen molar-refractivity contribution in [3.8, 4) is 0 Å². The first-order chi connectivity index (χ1) is 16.1. The lowest BCUT2D eigenvalue weighted by atomic mass is 9.87. The molecule has 1 aromatic carbocycles. The lowest BCUT2D eigenvalue weighted by Crippen LogP contribution is -2.58. The van der Waals surface area contributed by atoms with Crippen LogP contribution in [0.4, 0.5) is 5.69 Å². The molecule has 2 atom stereocenters. The van der Waals surface area contributed by atoms with Crippen molar-refractivity contribution in [2.24, 2.45) is 5.92 Å². The van der Waals surface area contributed by atoms with Crippen LogP contribution in [-0.4, -0.2) is 59.6 Å². The summed E-state index contributed by atoms with van der Waals surface area (Å²) in [5.74, 6) is -1.30. The number of ether oxygens (including phenoxy) is 1. The van der Waals surface area contributed by atoms with Crippen LogP contribution in [0, 0.1) is 5.92 Å². The molecule has 34 heavy (non-hydrogen) atoms. The Morgan fingerprint density at radius 3 is 2.50 bits per heavy atom. The highest BCUT2D eigenvalue weighted by Gasteiger charge is 2.63. The molecule has 2 heterocycles. The molecule has 0 bridgehead atoms. The molecule has 2 fully saturated rings. The fourth-order valence-corrected chi connectivity index (χ4v) is 6.79. The van der Waals surface area contributed by atoms with Crippen LogP contribution in [0.1, 0.15) is 58.4 Å². The molecule has 3 amide bonds. The van der Waals surface area contributed by atoms with Crippen molar-refractivity contribution in [1.82, 2.24) is 10.2 Å². The summed E-state index contributed by atoms with van der Waals surface area (Å²) in [6.07, 6.45) is 4.53. The normalized spacial score (nSPS) is 24.9. The summed E-state index contributed by atoms with van der Waals surface area (Å²) < 4.78 is 5.29. The Bertz CT molecular complexity index is 1000. The maximum Gasteiger partial charge on any atom is 0.325 e. The number of carbonyl (C=O) groups excluding carboxylic acids is 4. The van der Waals surface area contributed by atoms with Crippen LogP contribution in [-0.2, 0) is 28.8 Å². The number of likely N-dealkylation sites (N-methyl/N-ethyl adjacent to an activating group) is 1. The minimum absolute atomic E-state index is 0.152. The Labute approximate surface area is 204 Å². The predicted molar refractivity (Wildman–Crippen MR) is 130 cm³/mol. The number of anilines is 1. The van der Waals surface area contributed by atoms with Crippen molar-refractivity contribution < 1.29 is 23.9 Å². The van der Waals surface area contributed by atoms with Crippen LogP contribution in [0.3, 0.4) is 0 Å². The van der Waals surface area contributed by atoms with E-state index in [9.17, 15) is 19.2 Å². The van der Waals surface area contributed by atoms with E-state index in [0.717, 1.165) is 43.4 Å². The summed E-state index contributed by atoms with van der Waals surface area (Å²) >= 11 is 1.32. The molecule has 0 aromatic heterocycles. The molecule has 0 radical (unpaired) electrons. The molecule has 1 aliphatic carbocycles. The van der Waals surface area contributed by atoms with Crippen LogP contribution < -0.4 is 10.2 Å². The van der Waals surface area contributed by atoms with E-state index in [-0.39, 0.29) is 30.0 Å². The van der Waals surface area contributed by atoms with Gasteiger partial charge in [0, 0.05) is 24.3 Å². The van der Waals surface area contributed by atoms with E-state index in [1.54, 1.807) is 32.7 Å². The van der Waals surface area contributed by atoms with Crippen LogP contribution in [0.15, 0.2) is 24.3 Å². The smallest absolute Gasteiger partial charge is 0.325 e. The molecular weight excluding hydrogens is 454 g/mol. The van der Waals surface area contributed by atoms with Gasteiger partial charge in [-0.15, -0.1) is 11.8 Å². The lowest BCUT2D eigenvalue weighted by Gasteiger charge is -2.38. The highest BCUT2D eigenvalue weighted by atomic mass is 32.2. The van der Waals surface area contributed by atoms with E-state index >= 15 is 0 Å². The molecule has 3 aliphatic rings. The number of fused-ring (bicyclic) bond motifs is 2. The third-order valence-corrected chi connectivity index (χ3v) is 8.14. The minimum Gasteiger partial charge on any atom is -0.459 e. The first kappa shape index (κ1) is 24.6. The molecule has 1 aromatic rings. The van der Waals surface area contributed by atoms with Crippen LogP contribution >= 0.6 is 11.8 Å². The number of amides is 3. The number of esters is 1. The van der Waals surface area contributed by atoms with Crippen LogP contribution in [0.5, 0.6) is 0 Å². The quantitative estimate of drug-likeness (QED) is 0.656. The molecule has 1 N–H and O–H groups in total. The van der Waals surface area contributed by atoms with Crippen molar-refractivity contribution in [3.05, 3.63) is 29.8 Å². The molecule has 9 heteroatoms. The number of benzene rings is 1. The summed E-state index contributed by atoms with van der Waals surface area (Å²) in [5.41, 5.74) is 0.818. The van der Waals surface area contributed by atoms with Gasteiger partial charge in [0.15, 0.2) is 4.87 Å². The highest BCUT2D eigenvalue weighted by Crippen LogP contribution is 2.56. The molecule has 2 aliphatic heterocycles. The number of nitrogens with zero attached hydrogens (tertiary/aromatic N) is 2. The second kappa shape index (κ2) is 9.24. The molecule has 2 unspecified atom stereocenters. The third kappa shape index (κ3) is 4.30. The standard InChI is InChI=1S/C25H33N3O5S/c1-24(2,3)33-20(29)14-26-21(30)19-15-34-25(28(19)22(31)16-10-6-5-7-11-16)17-12-8-9-13-18(17)27(4)23(25)32/h8-9,12-13,16,19H,5-7,10-11,14-15H2,1-4H3,(H,26,30). The predicted octanol–water partition coefficient (Wildman–Crippen LogP) is 2.80. The van der Waals surface area contributed by atoms with Gasteiger partial charge < -0.3 is 19.9 Å². The number of hydrogen-bond acceptors (Lipinski definition) is 6. The summed E-state index contributed by atoms with van der Waals surface area (Å²) in [6.45, 7) is 4.98. The molecule has 4 rings (SSSR count). The number of hydrogen-bond donors (Lipinski definition) is 1. The highest BCUT2D eigenvalue weighted by molar-refractivity contribution is 8.01. The van der Waals surface area contributed by atoms with Crippen LogP contribution in [0.2, 0.25) is 0 Å². The first-order valence-corrected chi connectivity index (χ1v) is 12.9. The average Bonchev–Trinajstić information content (AvgIpc) is 3.30. The maximum atomic E-state index is 13.9. The Balaban J connectivity index is 1.65. The van der Waals surface area contributed by atoms with Gasteiger partial charge in [0.2, 0.25) is 11.8 Å². The first-order valence-electron chi connectivity index (χ1n) is 11.9. The lowest BCUT2D eigenvalue weighted by molar-refractivity contribution is -0.155. The fourth-order valence-electron chi connectivity index (χ4n) is 5.14. The number of para-hydroxylation sites is 1. The molecule has 1 saturated heterocycles. The summed E-state index contributed by atoms with van der Waals surface area (Å²) in [5, 5.41) is 2.65. The maximum absolute atomic E-state index is 13.9. The van der Waals surface area contributed by atoms with Crippen LogP contribution in [0.25, 0.3) is 0 Å². The Morgan fingerprint density at radius 2 is 1.82 bits per heavy atom. The molecule has 1 spiro atoms.